The first-order valence-electron chi connectivity index (χ1n) is 9.72. The van der Waals surface area contributed by atoms with Crippen molar-refractivity contribution in [2.75, 3.05) is 0 Å². The minimum Gasteiger partial charge on any atom is -0.426 e. The second kappa shape index (κ2) is 7.89. The predicted molar refractivity (Wildman–Crippen MR) is 124 cm³/mol. The van der Waals surface area contributed by atoms with Crippen LogP contribution in [-0.2, 0) is 9.59 Å². The van der Waals surface area contributed by atoms with Crippen LogP contribution in [0.5, 0.6) is 5.75 Å². The summed E-state index contributed by atoms with van der Waals surface area (Å²) in [6.45, 7) is 11.0. The van der Waals surface area contributed by atoms with E-state index in [4.69, 9.17) is 4.74 Å². The number of esters is 1. The number of benzene rings is 1. The molecule has 0 amide bonds. The molecule has 0 fully saturated rings. The van der Waals surface area contributed by atoms with Crippen molar-refractivity contribution < 1.29 is 19.1 Å². The second-order valence-electron chi connectivity index (χ2n) is 9.50. The fourth-order valence-electron chi connectivity index (χ4n) is 3.01. The first-order valence-corrected chi connectivity index (χ1v) is 11.3. The van der Waals surface area contributed by atoms with Crippen molar-refractivity contribution in [2.45, 2.75) is 48.0 Å². The van der Waals surface area contributed by atoms with Gasteiger partial charge in [-0.05, 0) is 72.6 Å². The van der Waals surface area contributed by atoms with Gasteiger partial charge >= 0.3 is 5.97 Å². The summed E-state index contributed by atoms with van der Waals surface area (Å²) in [5.74, 6) is 0.128. The van der Waals surface area contributed by atoms with Gasteiger partial charge in [0.15, 0.2) is 11.6 Å². The highest BCUT2D eigenvalue weighted by molar-refractivity contribution is 9.10. The quantitative estimate of drug-likeness (QED) is 0.355. The lowest BCUT2D eigenvalue weighted by Crippen LogP contribution is -2.25. The van der Waals surface area contributed by atoms with Crippen molar-refractivity contribution in [2.24, 2.45) is 10.8 Å². The highest BCUT2D eigenvalue weighted by Crippen LogP contribution is 2.45. The SMILES string of the molecule is CC(C)(C)C(=O)Oc1ccc(-c2sc3c(c2Br)C(=O)CC(C(=O)C(C)(C)C)=C3)cc1. The number of hydrogen-bond acceptors (Lipinski definition) is 5. The molecular weight excluding hydrogens is 464 g/mol. The number of halogens is 1. The molecule has 0 bridgehead atoms. The summed E-state index contributed by atoms with van der Waals surface area (Å²) in [5, 5.41) is 0. The Morgan fingerprint density at radius 1 is 1.00 bits per heavy atom. The Labute approximate surface area is 189 Å². The molecule has 0 spiro atoms. The number of thiophene rings is 1. The van der Waals surface area contributed by atoms with Gasteiger partial charge in [-0.15, -0.1) is 11.3 Å². The van der Waals surface area contributed by atoms with Crippen LogP contribution in [0, 0.1) is 10.8 Å². The average molecular weight is 489 g/mol. The monoisotopic (exact) mass is 488 g/mol. The zero-order chi connectivity index (χ0) is 22.4. The van der Waals surface area contributed by atoms with Gasteiger partial charge in [-0.1, -0.05) is 20.8 Å². The maximum Gasteiger partial charge on any atom is 0.316 e. The van der Waals surface area contributed by atoms with E-state index in [0.717, 1.165) is 19.8 Å². The molecule has 3 rings (SSSR count). The Kier molecular flexibility index (Phi) is 5.95. The number of allylic oxidation sites excluding steroid dienone is 1. The highest BCUT2D eigenvalue weighted by Gasteiger charge is 2.32. The Hall–Kier alpha value is -2.05. The van der Waals surface area contributed by atoms with Gasteiger partial charge in [0.2, 0.25) is 0 Å². The molecule has 1 aliphatic carbocycles. The fraction of sp³-hybridized carbons (Fsp3) is 0.375. The summed E-state index contributed by atoms with van der Waals surface area (Å²) in [4.78, 5) is 39.2. The number of carbonyl (C=O) groups is 3. The molecule has 1 aromatic carbocycles. The third-order valence-electron chi connectivity index (χ3n) is 4.72. The third-order valence-corrected chi connectivity index (χ3v) is 6.97. The van der Waals surface area contributed by atoms with Crippen molar-refractivity contribution in [1.29, 1.82) is 0 Å². The lowest BCUT2D eigenvalue weighted by molar-refractivity contribution is -0.143. The smallest absolute Gasteiger partial charge is 0.316 e. The Morgan fingerprint density at radius 3 is 2.13 bits per heavy atom. The molecule has 0 saturated carbocycles. The van der Waals surface area contributed by atoms with Gasteiger partial charge in [0, 0.05) is 31.6 Å². The normalized spacial score (nSPS) is 14.2. The number of hydrogen-bond donors (Lipinski definition) is 0. The number of ketones is 2. The van der Waals surface area contributed by atoms with Crippen LogP contribution in [0.15, 0.2) is 34.3 Å². The fourth-order valence-corrected chi connectivity index (χ4v) is 5.23. The van der Waals surface area contributed by atoms with Crippen molar-refractivity contribution in [3.63, 3.8) is 0 Å². The van der Waals surface area contributed by atoms with Gasteiger partial charge in [0.25, 0.3) is 0 Å². The number of rotatable bonds is 3. The molecule has 4 nitrogen and oxygen atoms in total. The van der Waals surface area contributed by atoms with Gasteiger partial charge in [-0.25, -0.2) is 0 Å². The lowest BCUT2D eigenvalue weighted by Gasteiger charge is -2.20. The molecule has 1 aromatic heterocycles. The first kappa shape index (κ1) is 22.6. The highest BCUT2D eigenvalue weighted by atomic mass is 79.9. The van der Waals surface area contributed by atoms with Crippen molar-refractivity contribution >= 4 is 50.9 Å². The Morgan fingerprint density at radius 2 is 1.60 bits per heavy atom. The maximum absolute atomic E-state index is 12.8. The van der Waals surface area contributed by atoms with Gasteiger partial charge in [0.1, 0.15) is 5.75 Å². The minimum atomic E-state index is -0.580. The minimum absolute atomic E-state index is 0.00223. The van der Waals surface area contributed by atoms with Crippen LogP contribution in [0.1, 0.15) is 63.2 Å². The summed E-state index contributed by atoms with van der Waals surface area (Å²) in [6, 6.07) is 7.22. The van der Waals surface area contributed by atoms with E-state index in [1.165, 1.54) is 11.3 Å². The van der Waals surface area contributed by atoms with E-state index >= 15 is 0 Å². The molecule has 1 aliphatic rings. The largest absolute Gasteiger partial charge is 0.426 e. The lowest BCUT2D eigenvalue weighted by atomic mass is 9.82. The van der Waals surface area contributed by atoms with Crippen LogP contribution in [0.25, 0.3) is 16.5 Å². The summed E-state index contributed by atoms with van der Waals surface area (Å²) in [5.41, 5.74) is 0.986. The van der Waals surface area contributed by atoms with Gasteiger partial charge in [0.05, 0.1) is 11.0 Å². The predicted octanol–water partition coefficient (Wildman–Crippen LogP) is 6.71. The second-order valence-corrected chi connectivity index (χ2v) is 11.3. The van der Waals surface area contributed by atoms with Crippen molar-refractivity contribution in [3.8, 4) is 16.2 Å². The average Bonchev–Trinajstić information content (AvgIpc) is 2.97. The standard InChI is InChI=1S/C24H25BrO4S/c1-23(2,3)21(27)14-11-16(26)18-17(12-14)30-20(19(18)25)13-7-9-15(10-8-13)29-22(28)24(4,5)6/h7-10,12H,11H2,1-6H3. The van der Waals surface area contributed by atoms with Gasteiger partial charge in [-0.3, -0.25) is 14.4 Å². The molecule has 158 valence electrons. The van der Waals surface area contributed by atoms with Crippen molar-refractivity contribution in [1.82, 2.24) is 0 Å². The molecule has 6 heteroatoms. The van der Waals surface area contributed by atoms with E-state index < -0.39 is 10.8 Å². The number of ether oxygens (including phenoxy) is 1. The number of Topliss-reactive ketones (excluding diaryl/α,β-unsaturated/α-hetero) is 2. The molecule has 0 saturated heterocycles. The van der Waals surface area contributed by atoms with Crippen LogP contribution < -0.4 is 4.74 Å². The molecule has 2 aromatic rings. The summed E-state index contributed by atoms with van der Waals surface area (Å²) < 4.78 is 6.16. The zero-order valence-electron chi connectivity index (χ0n) is 18.0. The molecular formula is C24H25BrO4S. The van der Waals surface area contributed by atoms with Gasteiger partial charge in [-0.2, -0.15) is 0 Å². The first-order chi connectivity index (χ1) is 13.8. The molecule has 0 radical (unpaired) electrons. The maximum atomic E-state index is 12.8. The zero-order valence-corrected chi connectivity index (χ0v) is 20.4. The van der Waals surface area contributed by atoms with E-state index in [-0.39, 0.29) is 24.0 Å². The van der Waals surface area contributed by atoms with Crippen LogP contribution in [0.3, 0.4) is 0 Å². The van der Waals surface area contributed by atoms with Crippen LogP contribution >= 0.6 is 27.3 Å². The molecule has 30 heavy (non-hydrogen) atoms. The van der Waals surface area contributed by atoms with E-state index in [9.17, 15) is 14.4 Å². The summed E-state index contributed by atoms with van der Waals surface area (Å²) in [6.07, 6.45) is 1.97. The summed E-state index contributed by atoms with van der Waals surface area (Å²) >= 11 is 5.06. The molecule has 0 aliphatic heterocycles. The van der Waals surface area contributed by atoms with E-state index in [0.29, 0.717) is 16.9 Å². The van der Waals surface area contributed by atoms with Crippen LogP contribution in [0.4, 0.5) is 0 Å². The van der Waals surface area contributed by atoms with Gasteiger partial charge < -0.3 is 4.74 Å². The van der Waals surface area contributed by atoms with Crippen molar-refractivity contribution in [3.05, 3.63) is 44.8 Å². The van der Waals surface area contributed by atoms with E-state index in [1.54, 1.807) is 32.9 Å². The Bertz CT molecular complexity index is 1060. The molecule has 1 heterocycles. The summed E-state index contributed by atoms with van der Waals surface area (Å²) in [7, 11) is 0. The topological polar surface area (TPSA) is 60.4 Å². The number of fused-ring (bicyclic) bond motifs is 1. The van der Waals surface area contributed by atoms with E-state index in [2.05, 4.69) is 15.9 Å². The number of carbonyl (C=O) groups excluding carboxylic acids is 3. The Balaban J connectivity index is 1.93. The third kappa shape index (κ3) is 4.49. The molecule has 0 N–H and O–H groups in total. The molecule has 0 atom stereocenters. The van der Waals surface area contributed by atoms with Crippen LogP contribution in [0.2, 0.25) is 0 Å². The molecule has 0 unspecified atom stereocenters. The van der Waals surface area contributed by atoms with Crippen LogP contribution in [-0.4, -0.2) is 17.5 Å². The van der Waals surface area contributed by atoms with E-state index in [1.807, 2.05) is 39.0 Å².